The van der Waals surface area contributed by atoms with Gasteiger partial charge in [-0.2, -0.15) is 0 Å². The quantitative estimate of drug-likeness (QED) is 0.818. The fraction of sp³-hybridized carbons (Fsp3) is 0.615. The first-order valence-corrected chi connectivity index (χ1v) is 6.37. The molecule has 2 N–H and O–H groups in total. The molecule has 1 aliphatic rings. The molecule has 0 saturated carbocycles. The molecule has 0 aliphatic carbocycles. The average Bonchev–Trinajstić information content (AvgIpc) is 2.84. The predicted octanol–water partition coefficient (Wildman–Crippen LogP) is 1.86. The minimum Gasteiger partial charge on any atom is -0.396 e. The summed E-state index contributed by atoms with van der Waals surface area (Å²) in [5, 5.41) is 12.0. The molecule has 1 saturated heterocycles. The summed E-state index contributed by atoms with van der Waals surface area (Å²) in [6, 6.07) is 6.62. The van der Waals surface area contributed by atoms with Gasteiger partial charge in [-0.25, -0.2) is 4.98 Å². The zero-order valence-electron chi connectivity index (χ0n) is 10.4. The van der Waals surface area contributed by atoms with Crippen molar-refractivity contribution in [1.82, 2.24) is 4.98 Å². The monoisotopic (exact) mass is 235 g/mol. The predicted molar refractivity (Wildman–Crippen MR) is 70.5 cm³/mol. The van der Waals surface area contributed by atoms with Crippen LogP contribution in [0.15, 0.2) is 18.2 Å². The zero-order valence-corrected chi connectivity index (χ0v) is 10.4. The van der Waals surface area contributed by atoms with Gasteiger partial charge in [0.05, 0.1) is 0 Å². The third-order valence-corrected chi connectivity index (χ3v) is 3.36. The lowest BCUT2D eigenvalue weighted by molar-refractivity contribution is 0.279. The molecule has 4 nitrogen and oxygen atoms in total. The highest BCUT2D eigenvalue weighted by Gasteiger charge is 2.24. The molecule has 1 fully saturated rings. The Morgan fingerprint density at radius 3 is 3.18 bits per heavy atom. The minimum absolute atomic E-state index is 0.286. The van der Waals surface area contributed by atoms with Gasteiger partial charge in [0.2, 0.25) is 0 Å². The maximum Gasteiger partial charge on any atom is 0.131 e. The molecule has 4 heteroatoms. The lowest BCUT2D eigenvalue weighted by Crippen LogP contribution is -2.30. The third-order valence-electron chi connectivity index (χ3n) is 3.36. The lowest BCUT2D eigenvalue weighted by atomic mass is 10.1. The molecule has 2 heterocycles. The van der Waals surface area contributed by atoms with Gasteiger partial charge >= 0.3 is 0 Å². The highest BCUT2D eigenvalue weighted by molar-refractivity contribution is 5.48. The van der Waals surface area contributed by atoms with Gasteiger partial charge in [-0.15, -0.1) is 0 Å². The van der Waals surface area contributed by atoms with Crippen LogP contribution in [0.4, 0.5) is 11.6 Å². The Morgan fingerprint density at radius 1 is 1.53 bits per heavy atom. The highest BCUT2D eigenvalue weighted by atomic mass is 16.2. The number of nitrogens with one attached hydrogen (secondary N) is 1. The van der Waals surface area contributed by atoms with Crippen molar-refractivity contribution in [3.8, 4) is 0 Å². The fourth-order valence-corrected chi connectivity index (χ4v) is 2.49. The van der Waals surface area contributed by atoms with Crippen LogP contribution >= 0.6 is 0 Å². The lowest BCUT2D eigenvalue weighted by Gasteiger charge is -2.25. The summed E-state index contributed by atoms with van der Waals surface area (Å²) in [5.74, 6) is 1.97. The van der Waals surface area contributed by atoms with Gasteiger partial charge in [0.1, 0.15) is 11.6 Å². The molecule has 94 valence electrons. The smallest absolute Gasteiger partial charge is 0.131 e. The van der Waals surface area contributed by atoms with Crippen LogP contribution < -0.4 is 10.2 Å². The number of anilines is 2. The SMILES string of the molecule is CNc1cccc(N2CCCC2CCCO)n1. The molecule has 1 atom stereocenters. The van der Waals surface area contributed by atoms with Crippen LogP contribution in [0, 0.1) is 0 Å². The van der Waals surface area contributed by atoms with Crippen LogP contribution in [0.3, 0.4) is 0 Å². The summed E-state index contributed by atoms with van der Waals surface area (Å²) in [4.78, 5) is 6.96. The van der Waals surface area contributed by atoms with Crippen molar-refractivity contribution in [3.05, 3.63) is 18.2 Å². The van der Waals surface area contributed by atoms with Crippen molar-refractivity contribution in [2.45, 2.75) is 31.7 Å². The van der Waals surface area contributed by atoms with Gasteiger partial charge in [0.15, 0.2) is 0 Å². The standard InChI is InChI=1S/C13H21N3O/c1-14-12-7-2-8-13(15-12)16-9-3-5-11(16)6-4-10-17/h2,7-8,11,17H,3-6,9-10H2,1H3,(H,14,15). The van der Waals surface area contributed by atoms with E-state index in [1.165, 1.54) is 12.8 Å². The molecule has 2 rings (SSSR count). The molecule has 1 aromatic rings. The van der Waals surface area contributed by atoms with E-state index in [1.807, 2.05) is 19.2 Å². The second-order valence-electron chi connectivity index (χ2n) is 4.49. The number of rotatable bonds is 5. The maximum absolute atomic E-state index is 8.92. The molecular weight excluding hydrogens is 214 g/mol. The maximum atomic E-state index is 8.92. The van der Waals surface area contributed by atoms with E-state index in [1.54, 1.807) is 0 Å². The highest BCUT2D eigenvalue weighted by Crippen LogP contribution is 2.27. The van der Waals surface area contributed by atoms with E-state index in [2.05, 4.69) is 21.3 Å². The molecule has 0 amide bonds. The van der Waals surface area contributed by atoms with E-state index in [4.69, 9.17) is 5.11 Å². The second kappa shape index (κ2) is 5.87. The topological polar surface area (TPSA) is 48.4 Å². The Bertz CT molecular complexity index is 356. The molecular formula is C13H21N3O. The van der Waals surface area contributed by atoms with Gasteiger partial charge in [-0.1, -0.05) is 6.07 Å². The van der Waals surface area contributed by atoms with Crippen LogP contribution in [0.25, 0.3) is 0 Å². The first-order valence-electron chi connectivity index (χ1n) is 6.37. The minimum atomic E-state index is 0.286. The molecule has 0 radical (unpaired) electrons. The normalized spacial score (nSPS) is 19.6. The molecule has 1 aliphatic heterocycles. The summed E-state index contributed by atoms with van der Waals surface area (Å²) in [7, 11) is 1.89. The Labute approximate surface area is 103 Å². The van der Waals surface area contributed by atoms with Gasteiger partial charge in [-0.3, -0.25) is 0 Å². The summed E-state index contributed by atoms with van der Waals surface area (Å²) in [6.07, 6.45) is 4.38. The fourth-order valence-electron chi connectivity index (χ4n) is 2.49. The van der Waals surface area contributed by atoms with Crippen molar-refractivity contribution >= 4 is 11.6 Å². The number of nitrogens with zero attached hydrogens (tertiary/aromatic N) is 2. The van der Waals surface area contributed by atoms with E-state index in [-0.39, 0.29) is 6.61 Å². The van der Waals surface area contributed by atoms with Crippen LogP contribution in [0.5, 0.6) is 0 Å². The van der Waals surface area contributed by atoms with Crippen molar-refractivity contribution in [3.63, 3.8) is 0 Å². The molecule has 0 spiro atoms. The van der Waals surface area contributed by atoms with Gasteiger partial charge in [0.25, 0.3) is 0 Å². The van der Waals surface area contributed by atoms with Crippen molar-refractivity contribution < 1.29 is 5.11 Å². The number of aromatic nitrogens is 1. The summed E-state index contributed by atoms with van der Waals surface area (Å²) < 4.78 is 0. The molecule has 0 aromatic carbocycles. The zero-order chi connectivity index (χ0) is 12.1. The van der Waals surface area contributed by atoms with Gasteiger partial charge < -0.3 is 15.3 Å². The average molecular weight is 235 g/mol. The van der Waals surface area contributed by atoms with E-state index >= 15 is 0 Å². The van der Waals surface area contributed by atoms with Crippen molar-refractivity contribution in [2.75, 3.05) is 30.4 Å². The van der Waals surface area contributed by atoms with Gasteiger partial charge in [0, 0.05) is 26.2 Å². The first kappa shape index (κ1) is 12.2. The number of pyridine rings is 1. The largest absolute Gasteiger partial charge is 0.396 e. The van der Waals surface area contributed by atoms with E-state index < -0.39 is 0 Å². The second-order valence-corrected chi connectivity index (χ2v) is 4.49. The summed E-state index contributed by atoms with van der Waals surface area (Å²) >= 11 is 0. The van der Waals surface area contributed by atoms with Crippen LogP contribution in [-0.2, 0) is 0 Å². The van der Waals surface area contributed by atoms with E-state index in [9.17, 15) is 0 Å². The Morgan fingerprint density at radius 2 is 2.41 bits per heavy atom. The van der Waals surface area contributed by atoms with Crippen LogP contribution in [0.2, 0.25) is 0 Å². The van der Waals surface area contributed by atoms with E-state index in [0.29, 0.717) is 6.04 Å². The van der Waals surface area contributed by atoms with Crippen molar-refractivity contribution in [1.29, 1.82) is 0 Å². The summed E-state index contributed by atoms with van der Waals surface area (Å²) in [5.41, 5.74) is 0. The number of hydrogen-bond acceptors (Lipinski definition) is 4. The van der Waals surface area contributed by atoms with Gasteiger partial charge in [-0.05, 0) is 37.8 Å². The molecule has 1 unspecified atom stereocenters. The molecule has 0 bridgehead atoms. The van der Waals surface area contributed by atoms with Crippen LogP contribution in [0.1, 0.15) is 25.7 Å². The number of aliphatic hydroxyl groups is 1. The van der Waals surface area contributed by atoms with Crippen LogP contribution in [-0.4, -0.2) is 36.3 Å². The third kappa shape index (κ3) is 2.88. The first-order chi connectivity index (χ1) is 8.35. The number of aliphatic hydroxyl groups excluding tert-OH is 1. The molecule has 17 heavy (non-hydrogen) atoms. The number of hydrogen-bond donors (Lipinski definition) is 2. The summed E-state index contributed by atoms with van der Waals surface area (Å²) in [6.45, 7) is 1.37. The Kier molecular flexibility index (Phi) is 4.20. The van der Waals surface area contributed by atoms with E-state index in [0.717, 1.165) is 31.0 Å². The Hall–Kier alpha value is -1.29. The molecule has 1 aromatic heterocycles. The van der Waals surface area contributed by atoms with Crippen molar-refractivity contribution in [2.24, 2.45) is 0 Å². The Balaban J connectivity index is 2.08.